The van der Waals surface area contributed by atoms with E-state index in [1.165, 1.54) is 0 Å². The Kier molecular flexibility index (Phi) is 6.57. The molecule has 1 amide bonds. The number of nitrogens with one attached hydrogen (secondary N) is 1. The minimum Gasteiger partial charge on any atom is -0.356 e. The third-order valence-electron chi connectivity index (χ3n) is 2.63. The fourth-order valence-electron chi connectivity index (χ4n) is 1.58. The first-order valence-corrected chi connectivity index (χ1v) is 5.88. The summed E-state index contributed by atoms with van der Waals surface area (Å²) in [5.74, 6) is 0.399. The van der Waals surface area contributed by atoms with Gasteiger partial charge >= 0.3 is 0 Å². The lowest BCUT2D eigenvalue weighted by Crippen LogP contribution is -2.35. The SMILES string of the molecule is CCCC(C)(C)CNC(=O)CC(C)CN. The normalized spacial score (nSPS) is 13.7. The minimum absolute atomic E-state index is 0.122. The van der Waals surface area contributed by atoms with Crippen LogP contribution >= 0.6 is 0 Å². The van der Waals surface area contributed by atoms with Gasteiger partial charge < -0.3 is 11.1 Å². The molecule has 3 N–H and O–H groups in total. The molecule has 0 saturated carbocycles. The van der Waals surface area contributed by atoms with Crippen LogP contribution in [0.4, 0.5) is 0 Å². The molecule has 1 atom stereocenters. The van der Waals surface area contributed by atoms with Crippen LogP contribution in [-0.2, 0) is 4.79 Å². The summed E-state index contributed by atoms with van der Waals surface area (Å²) in [5, 5.41) is 2.98. The quantitative estimate of drug-likeness (QED) is 0.680. The molecule has 0 aliphatic rings. The van der Waals surface area contributed by atoms with Crippen LogP contribution in [0.1, 0.15) is 47.0 Å². The fraction of sp³-hybridized carbons (Fsp3) is 0.917. The molecule has 0 spiro atoms. The molecule has 15 heavy (non-hydrogen) atoms. The molecule has 0 aliphatic heterocycles. The summed E-state index contributed by atoms with van der Waals surface area (Å²) in [7, 11) is 0. The molecule has 90 valence electrons. The van der Waals surface area contributed by atoms with Gasteiger partial charge in [0.25, 0.3) is 0 Å². The van der Waals surface area contributed by atoms with Crippen molar-refractivity contribution >= 4 is 5.91 Å². The molecule has 0 fully saturated rings. The van der Waals surface area contributed by atoms with Crippen LogP contribution in [0.3, 0.4) is 0 Å². The molecule has 0 aromatic heterocycles. The third kappa shape index (κ3) is 7.37. The standard InChI is InChI=1S/C12H26N2O/c1-5-6-12(3,4)9-14-11(15)7-10(2)8-13/h10H,5-9,13H2,1-4H3,(H,14,15). The van der Waals surface area contributed by atoms with Crippen LogP contribution < -0.4 is 11.1 Å². The first kappa shape index (κ1) is 14.4. The lowest BCUT2D eigenvalue weighted by atomic mass is 9.88. The zero-order valence-electron chi connectivity index (χ0n) is 10.6. The molecule has 0 rings (SSSR count). The molecule has 0 bridgehead atoms. The molecule has 0 saturated heterocycles. The third-order valence-corrected chi connectivity index (χ3v) is 2.63. The number of carbonyl (C=O) groups is 1. The van der Waals surface area contributed by atoms with Crippen LogP contribution in [0.2, 0.25) is 0 Å². The van der Waals surface area contributed by atoms with E-state index < -0.39 is 0 Å². The molecule has 0 aromatic carbocycles. The Labute approximate surface area is 93.8 Å². The van der Waals surface area contributed by atoms with E-state index in [-0.39, 0.29) is 17.2 Å². The maximum atomic E-state index is 11.5. The van der Waals surface area contributed by atoms with Crippen LogP contribution in [0, 0.1) is 11.3 Å². The Bertz CT molecular complexity index is 190. The van der Waals surface area contributed by atoms with E-state index >= 15 is 0 Å². The van der Waals surface area contributed by atoms with Crippen molar-refractivity contribution in [2.75, 3.05) is 13.1 Å². The lowest BCUT2D eigenvalue weighted by molar-refractivity contribution is -0.122. The molecule has 0 heterocycles. The predicted octanol–water partition coefficient (Wildman–Crippen LogP) is 1.91. The van der Waals surface area contributed by atoms with E-state index in [9.17, 15) is 4.79 Å². The van der Waals surface area contributed by atoms with Crippen LogP contribution in [0.15, 0.2) is 0 Å². The molecular formula is C12H26N2O. The first-order valence-electron chi connectivity index (χ1n) is 5.88. The highest BCUT2D eigenvalue weighted by atomic mass is 16.1. The van der Waals surface area contributed by atoms with Crippen molar-refractivity contribution in [1.29, 1.82) is 0 Å². The van der Waals surface area contributed by atoms with Crippen molar-refractivity contribution in [2.24, 2.45) is 17.1 Å². The van der Waals surface area contributed by atoms with Gasteiger partial charge in [0.15, 0.2) is 0 Å². The second kappa shape index (κ2) is 6.83. The Balaban J connectivity index is 3.79. The summed E-state index contributed by atoms with van der Waals surface area (Å²) in [6, 6.07) is 0. The highest BCUT2D eigenvalue weighted by Crippen LogP contribution is 2.20. The van der Waals surface area contributed by atoms with Crippen molar-refractivity contribution in [3.05, 3.63) is 0 Å². The minimum atomic E-state index is 0.122. The number of hydrogen-bond donors (Lipinski definition) is 2. The average molecular weight is 214 g/mol. The molecular weight excluding hydrogens is 188 g/mol. The Morgan fingerprint density at radius 2 is 2.07 bits per heavy atom. The van der Waals surface area contributed by atoms with E-state index in [0.29, 0.717) is 13.0 Å². The molecule has 0 aromatic rings. The molecule has 1 unspecified atom stereocenters. The van der Waals surface area contributed by atoms with E-state index in [1.807, 2.05) is 6.92 Å². The van der Waals surface area contributed by atoms with Crippen molar-refractivity contribution in [3.63, 3.8) is 0 Å². The lowest BCUT2D eigenvalue weighted by Gasteiger charge is -2.24. The topological polar surface area (TPSA) is 55.1 Å². The number of hydrogen-bond acceptors (Lipinski definition) is 2. The Hall–Kier alpha value is -0.570. The summed E-state index contributed by atoms with van der Waals surface area (Å²) in [5.41, 5.74) is 5.67. The van der Waals surface area contributed by atoms with Gasteiger partial charge in [0.05, 0.1) is 0 Å². The summed E-state index contributed by atoms with van der Waals surface area (Å²) in [6.45, 7) is 9.87. The van der Waals surface area contributed by atoms with E-state index in [4.69, 9.17) is 5.73 Å². The van der Waals surface area contributed by atoms with Crippen molar-refractivity contribution in [1.82, 2.24) is 5.32 Å². The van der Waals surface area contributed by atoms with Gasteiger partial charge in [-0.05, 0) is 24.3 Å². The van der Waals surface area contributed by atoms with E-state index in [1.54, 1.807) is 0 Å². The van der Waals surface area contributed by atoms with Gasteiger partial charge in [0.2, 0.25) is 5.91 Å². The maximum Gasteiger partial charge on any atom is 0.220 e. The summed E-state index contributed by atoms with van der Waals surface area (Å²) in [6.07, 6.45) is 2.83. The van der Waals surface area contributed by atoms with Gasteiger partial charge in [-0.15, -0.1) is 0 Å². The van der Waals surface area contributed by atoms with Crippen molar-refractivity contribution in [2.45, 2.75) is 47.0 Å². The van der Waals surface area contributed by atoms with Gasteiger partial charge in [0, 0.05) is 13.0 Å². The van der Waals surface area contributed by atoms with Gasteiger partial charge in [-0.3, -0.25) is 4.79 Å². The predicted molar refractivity (Wildman–Crippen MR) is 64.5 cm³/mol. The van der Waals surface area contributed by atoms with Crippen LogP contribution in [0.5, 0.6) is 0 Å². The Morgan fingerprint density at radius 3 is 2.53 bits per heavy atom. The molecule has 0 aliphatic carbocycles. The summed E-state index contributed by atoms with van der Waals surface area (Å²) in [4.78, 5) is 11.5. The number of rotatable bonds is 7. The van der Waals surface area contributed by atoms with Crippen molar-refractivity contribution < 1.29 is 4.79 Å². The number of nitrogens with two attached hydrogens (primary N) is 1. The highest BCUT2D eigenvalue weighted by Gasteiger charge is 2.17. The zero-order valence-corrected chi connectivity index (χ0v) is 10.6. The fourth-order valence-corrected chi connectivity index (χ4v) is 1.58. The van der Waals surface area contributed by atoms with Gasteiger partial charge in [-0.25, -0.2) is 0 Å². The Morgan fingerprint density at radius 1 is 1.47 bits per heavy atom. The molecule has 3 nitrogen and oxygen atoms in total. The van der Waals surface area contributed by atoms with Gasteiger partial charge in [-0.1, -0.05) is 34.1 Å². The largest absolute Gasteiger partial charge is 0.356 e. The molecule has 0 radical (unpaired) electrons. The summed E-state index contributed by atoms with van der Waals surface area (Å²) < 4.78 is 0. The maximum absolute atomic E-state index is 11.5. The van der Waals surface area contributed by atoms with E-state index in [0.717, 1.165) is 19.4 Å². The van der Waals surface area contributed by atoms with Crippen LogP contribution in [0.25, 0.3) is 0 Å². The van der Waals surface area contributed by atoms with Gasteiger partial charge in [0.1, 0.15) is 0 Å². The summed E-state index contributed by atoms with van der Waals surface area (Å²) >= 11 is 0. The highest BCUT2D eigenvalue weighted by molar-refractivity contribution is 5.76. The second-order valence-electron chi connectivity index (χ2n) is 5.24. The first-order chi connectivity index (χ1) is 6.91. The monoisotopic (exact) mass is 214 g/mol. The second-order valence-corrected chi connectivity index (χ2v) is 5.24. The van der Waals surface area contributed by atoms with Crippen LogP contribution in [-0.4, -0.2) is 19.0 Å². The van der Waals surface area contributed by atoms with E-state index in [2.05, 4.69) is 26.1 Å². The van der Waals surface area contributed by atoms with Crippen molar-refractivity contribution in [3.8, 4) is 0 Å². The zero-order chi connectivity index (χ0) is 11.9. The smallest absolute Gasteiger partial charge is 0.220 e. The molecule has 3 heteroatoms. The average Bonchev–Trinajstić information content (AvgIpc) is 2.15. The van der Waals surface area contributed by atoms with Gasteiger partial charge in [-0.2, -0.15) is 0 Å². The number of carbonyl (C=O) groups excluding carboxylic acids is 1. The number of amides is 1.